The molecule has 72 valence electrons. The lowest BCUT2D eigenvalue weighted by Crippen LogP contribution is -2.12. The van der Waals surface area contributed by atoms with Crippen LogP contribution >= 0.6 is 8.58 Å². The highest BCUT2D eigenvalue weighted by atomic mass is 31.1. The van der Waals surface area contributed by atoms with Crippen LogP contribution in [0.4, 0.5) is 0 Å². The largest absolute Gasteiger partial charge is 0.280 e. The van der Waals surface area contributed by atoms with E-state index in [4.69, 9.17) is 0 Å². The van der Waals surface area contributed by atoms with Crippen LogP contribution in [-0.2, 0) is 0 Å². The molecule has 0 amide bonds. The van der Waals surface area contributed by atoms with Gasteiger partial charge in [-0.3, -0.25) is 4.57 Å². The predicted molar refractivity (Wildman–Crippen MR) is 60.0 cm³/mol. The molecule has 0 saturated carbocycles. The van der Waals surface area contributed by atoms with Gasteiger partial charge in [-0.15, -0.1) is 10.2 Å². The van der Waals surface area contributed by atoms with E-state index in [0.717, 1.165) is 17.1 Å². The van der Waals surface area contributed by atoms with E-state index in [2.05, 4.69) is 33.6 Å². The molecule has 1 unspecified atom stereocenters. The second-order valence-electron chi connectivity index (χ2n) is 2.99. The van der Waals surface area contributed by atoms with E-state index in [1.54, 1.807) is 0 Å². The Morgan fingerprint density at radius 3 is 2.50 bits per heavy atom. The van der Waals surface area contributed by atoms with Crippen molar-refractivity contribution in [1.82, 2.24) is 14.8 Å². The Morgan fingerprint density at radius 1 is 1.14 bits per heavy atom. The molecule has 3 nitrogen and oxygen atoms in total. The van der Waals surface area contributed by atoms with Gasteiger partial charge in [-0.05, 0) is 25.7 Å². The lowest BCUT2D eigenvalue weighted by molar-refractivity contribution is 0.976. The van der Waals surface area contributed by atoms with Gasteiger partial charge in [0.15, 0.2) is 5.57 Å². The van der Waals surface area contributed by atoms with E-state index in [-0.39, 0.29) is 0 Å². The van der Waals surface area contributed by atoms with Gasteiger partial charge >= 0.3 is 0 Å². The highest BCUT2D eigenvalue weighted by Gasteiger charge is 2.07. The fourth-order valence-electron chi connectivity index (χ4n) is 1.41. The summed E-state index contributed by atoms with van der Waals surface area (Å²) in [6.45, 7) is 4.09. The summed E-state index contributed by atoms with van der Waals surface area (Å²) >= 11 is 0. The Hall–Kier alpha value is -1.21. The van der Waals surface area contributed by atoms with Crippen LogP contribution in [-0.4, -0.2) is 21.4 Å². The molecule has 0 N–H and O–H groups in total. The Bertz CT molecular complexity index is 422. The van der Waals surface area contributed by atoms with Gasteiger partial charge in [-0.1, -0.05) is 26.8 Å². The Labute approximate surface area is 85.0 Å². The minimum atomic E-state index is 0.665. The van der Waals surface area contributed by atoms with Crippen molar-refractivity contribution in [3.8, 4) is 5.69 Å². The quantitative estimate of drug-likeness (QED) is 0.696. The molecule has 0 spiro atoms. The van der Waals surface area contributed by atoms with Gasteiger partial charge in [0.1, 0.15) is 5.82 Å². The molecule has 2 rings (SSSR count). The molecule has 0 aliphatic carbocycles. The first-order chi connectivity index (χ1) is 6.83. The highest BCUT2D eigenvalue weighted by molar-refractivity contribution is 7.45. The first-order valence-electron chi connectivity index (χ1n) is 4.48. The lowest BCUT2D eigenvalue weighted by atomic mass is 10.3. The molecule has 2 aromatic rings. The molecule has 1 atom stereocenters. The number of nitrogens with zero attached hydrogens (tertiary/aromatic N) is 3. The normalized spacial score (nSPS) is 11.3. The molecule has 0 aliphatic rings. The third-order valence-electron chi connectivity index (χ3n) is 2.06. The molecule has 0 bridgehead atoms. The number of rotatable bonds is 2. The van der Waals surface area contributed by atoms with Crippen molar-refractivity contribution >= 4 is 14.1 Å². The average molecular weight is 205 g/mol. The first-order valence-corrected chi connectivity index (χ1v) is 5.98. The van der Waals surface area contributed by atoms with E-state index in [1.165, 1.54) is 0 Å². The number of hydrogen-bond acceptors (Lipinski definition) is 2. The van der Waals surface area contributed by atoms with E-state index < -0.39 is 0 Å². The monoisotopic (exact) mass is 205 g/mol. The third-order valence-corrected chi connectivity index (χ3v) is 2.83. The zero-order chi connectivity index (χ0) is 9.97. The van der Waals surface area contributed by atoms with Crippen LogP contribution in [0.25, 0.3) is 5.69 Å². The second-order valence-corrected chi connectivity index (χ2v) is 3.94. The fraction of sp³-hybridized carbons (Fsp3) is 0.200. The number of hydrogen-bond donors (Lipinski definition) is 0. The molecular weight excluding hydrogens is 193 g/mol. The molecule has 4 heteroatoms. The van der Waals surface area contributed by atoms with E-state index in [0.29, 0.717) is 8.58 Å². The topological polar surface area (TPSA) is 30.7 Å². The summed E-state index contributed by atoms with van der Waals surface area (Å²) in [6, 6.07) is 10.2. The van der Waals surface area contributed by atoms with E-state index in [1.807, 2.05) is 25.1 Å². The van der Waals surface area contributed by atoms with E-state index >= 15 is 0 Å². The van der Waals surface area contributed by atoms with Crippen LogP contribution < -0.4 is 5.57 Å². The molecule has 1 heterocycles. The number of benzene rings is 1. The van der Waals surface area contributed by atoms with Crippen molar-refractivity contribution in [3.05, 3.63) is 36.2 Å². The molecular formula is C10H12N3P. The third kappa shape index (κ3) is 1.55. The smallest absolute Gasteiger partial charge is 0.156 e. The Kier molecular flexibility index (Phi) is 2.60. The zero-order valence-electron chi connectivity index (χ0n) is 8.23. The van der Waals surface area contributed by atoms with Crippen molar-refractivity contribution in [3.63, 3.8) is 0 Å². The zero-order valence-corrected chi connectivity index (χ0v) is 9.23. The highest BCUT2D eigenvalue weighted by Crippen LogP contribution is 2.11. The van der Waals surface area contributed by atoms with Gasteiger partial charge in [0.2, 0.25) is 0 Å². The summed E-state index contributed by atoms with van der Waals surface area (Å²) < 4.78 is 2.10. The number of para-hydroxylation sites is 1. The summed E-state index contributed by atoms with van der Waals surface area (Å²) in [5.41, 5.74) is 2.17. The molecule has 14 heavy (non-hydrogen) atoms. The van der Waals surface area contributed by atoms with Crippen molar-refractivity contribution < 1.29 is 0 Å². The summed E-state index contributed by atoms with van der Waals surface area (Å²) in [4.78, 5) is 0. The van der Waals surface area contributed by atoms with Crippen LogP contribution in [0.3, 0.4) is 0 Å². The Morgan fingerprint density at radius 2 is 1.86 bits per heavy atom. The maximum absolute atomic E-state index is 4.14. The minimum absolute atomic E-state index is 0.665. The second kappa shape index (κ2) is 3.89. The molecule has 0 saturated heterocycles. The maximum Gasteiger partial charge on any atom is 0.156 e. The fourth-order valence-corrected chi connectivity index (χ4v) is 2.07. The van der Waals surface area contributed by atoms with Crippen LogP contribution in [0.1, 0.15) is 5.82 Å². The predicted octanol–water partition coefficient (Wildman–Crippen LogP) is 1.51. The van der Waals surface area contributed by atoms with Gasteiger partial charge < -0.3 is 0 Å². The number of aryl methyl sites for hydroxylation is 1. The standard InChI is InChI=1S/C10H12N3P/c1-8-11-12-10(14-2)13(8)9-6-4-3-5-7-9/h3-7,14H,1-2H3. The van der Waals surface area contributed by atoms with Crippen molar-refractivity contribution in [2.24, 2.45) is 0 Å². The molecule has 0 radical (unpaired) electrons. The van der Waals surface area contributed by atoms with Gasteiger partial charge in [-0.25, -0.2) is 0 Å². The van der Waals surface area contributed by atoms with Crippen LogP contribution in [0.15, 0.2) is 30.3 Å². The Balaban J connectivity index is 2.55. The molecule has 0 aliphatic heterocycles. The molecule has 0 fully saturated rings. The van der Waals surface area contributed by atoms with Crippen molar-refractivity contribution in [2.75, 3.05) is 6.66 Å². The van der Waals surface area contributed by atoms with Crippen molar-refractivity contribution in [1.29, 1.82) is 0 Å². The summed E-state index contributed by atoms with van der Waals surface area (Å²) in [5.74, 6) is 0.945. The first kappa shape index (κ1) is 9.35. The average Bonchev–Trinajstić information content (AvgIpc) is 2.61. The molecule has 1 aromatic heterocycles. The van der Waals surface area contributed by atoms with Crippen LogP contribution in [0.2, 0.25) is 0 Å². The van der Waals surface area contributed by atoms with Crippen LogP contribution in [0, 0.1) is 6.92 Å². The van der Waals surface area contributed by atoms with E-state index in [9.17, 15) is 0 Å². The van der Waals surface area contributed by atoms with Crippen molar-refractivity contribution in [2.45, 2.75) is 6.92 Å². The van der Waals surface area contributed by atoms with Gasteiger partial charge in [0.25, 0.3) is 0 Å². The van der Waals surface area contributed by atoms with Gasteiger partial charge in [-0.2, -0.15) is 0 Å². The van der Waals surface area contributed by atoms with Crippen LogP contribution in [0.5, 0.6) is 0 Å². The summed E-state index contributed by atoms with van der Waals surface area (Å²) in [5, 5.41) is 8.22. The maximum atomic E-state index is 4.14. The molecule has 1 aromatic carbocycles. The lowest BCUT2D eigenvalue weighted by Gasteiger charge is -2.06. The van der Waals surface area contributed by atoms with Gasteiger partial charge in [0, 0.05) is 5.69 Å². The van der Waals surface area contributed by atoms with Gasteiger partial charge in [0.05, 0.1) is 0 Å². The minimum Gasteiger partial charge on any atom is -0.280 e. The number of aromatic nitrogens is 3. The summed E-state index contributed by atoms with van der Waals surface area (Å²) in [6.07, 6.45) is 0. The summed E-state index contributed by atoms with van der Waals surface area (Å²) in [7, 11) is 0.665. The SMILES string of the molecule is CPc1nnc(C)n1-c1ccccc1.